The number of fused-ring (bicyclic) bond motifs is 1. The fourth-order valence-electron chi connectivity index (χ4n) is 3.69. The second-order valence-electron chi connectivity index (χ2n) is 7.61. The van der Waals surface area contributed by atoms with Crippen molar-refractivity contribution in [2.45, 2.75) is 45.3 Å². The highest BCUT2D eigenvalue weighted by atomic mass is 32.2. The van der Waals surface area contributed by atoms with Crippen LogP contribution < -0.4 is 16.0 Å². The first-order chi connectivity index (χ1) is 14.0. The van der Waals surface area contributed by atoms with Crippen molar-refractivity contribution in [1.29, 1.82) is 0 Å². The van der Waals surface area contributed by atoms with Gasteiger partial charge in [-0.2, -0.15) is 11.8 Å². The number of benzene rings is 2. The van der Waals surface area contributed by atoms with E-state index in [1.807, 2.05) is 44.4 Å². The van der Waals surface area contributed by atoms with Gasteiger partial charge in [0.05, 0.1) is 6.04 Å². The van der Waals surface area contributed by atoms with Gasteiger partial charge >= 0.3 is 0 Å². The largest absolute Gasteiger partial charge is 0.343 e. The molecule has 1 heterocycles. The maximum atomic E-state index is 12.9. The number of hydrogen-bond acceptors (Lipinski definition) is 4. The number of nitrogens with one attached hydrogen (secondary N) is 3. The van der Waals surface area contributed by atoms with Crippen molar-refractivity contribution in [3.63, 3.8) is 0 Å². The Hall–Kier alpha value is -2.31. The monoisotopic (exact) mass is 411 g/mol. The lowest BCUT2D eigenvalue weighted by atomic mass is 9.95. The predicted molar refractivity (Wildman–Crippen MR) is 120 cm³/mol. The van der Waals surface area contributed by atoms with Crippen molar-refractivity contribution in [2.75, 3.05) is 17.3 Å². The van der Waals surface area contributed by atoms with Crippen LogP contribution in [0.3, 0.4) is 0 Å². The molecule has 0 unspecified atom stereocenters. The van der Waals surface area contributed by atoms with Crippen LogP contribution in [0.2, 0.25) is 0 Å². The molecule has 2 amide bonds. The van der Waals surface area contributed by atoms with Gasteiger partial charge in [-0.15, -0.1) is 0 Å². The zero-order valence-corrected chi connectivity index (χ0v) is 18.1. The summed E-state index contributed by atoms with van der Waals surface area (Å²) < 4.78 is 0. The summed E-state index contributed by atoms with van der Waals surface area (Å²) in [6.45, 7) is 4.67. The highest BCUT2D eigenvalue weighted by molar-refractivity contribution is 7.98. The fourth-order valence-corrected chi connectivity index (χ4v) is 4.16. The standard InChI is InChI=1S/C23H29N3O2S/c1-15-10-16(2)12-19(11-15)25-22(27)20(8-9-29-3)26-23(28)21-13-17-6-4-5-7-18(17)14-24-21/h4-7,10-12,20-21,24H,8-9,13-14H2,1-3H3,(H,25,27)(H,26,28)/t20-,21-/m0/s1. The topological polar surface area (TPSA) is 70.2 Å². The Bertz CT molecular complexity index is 864. The first-order valence-electron chi connectivity index (χ1n) is 9.95. The summed E-state index contributed by atoms with van der Waals surface area (Å²) in [5.74, 6) is 0.501. The lowest BCUT2D eigenvalue weighted by Gasteiger charge is -2.27. The average Bonchev–Trinajstić information content (AvgIpc) is 2.69. The van der Waals surface area contributed by atoms with Crippen LogP contribution in [0, 0.1) is 13.8 Å². The van der Waals surface area contributed by atoms with Gasteiger partial charge in [-0.05, 0) is 73.1 Å². The highest BCUT2D eigenvalue weighted by Gasteiger charge is 2.28. The van der Waals surface area contributed by atoms with Crippen molar-refractivity contribution in [2.24, 2.45) is 0 Å². The van der Waals surface area contributed by atoms with E-state index in [9.17, 15) is 9.59 Å². The summed E-state index contributed by atoms with van der Waals surface area (Å²) in [6.07, 6.45) is 3.23. The highest BCUT2D eigenvalue weighted by Crippen LogP contribution is 2.17. The van der Waals surface area contributed by atoms with Crippen LogP contribution in [-0.4, -0.2) is 35.9 Å². The third kappa shape index (κ3) is 5.84. The van der Waals surface area contributed by atoms with Gasteiger partial charge in [0.1, 0.15) is 6.04 Å². The van der Waals surface area contributed by atoms with Crippen LogP contribution in [0.15, 0.2) is 42.5 Å². The third-order valence-electron chi connectivity index (χ3n) is 5.13. The van der Waals surface area contributed by atoms with Gasteiger partial charge < -0.3 is 16.0 Å². The molecule has 0 bridgehead atoms. The van der Waals surface area contributed by atoms with Gasteiger partial charge in [-0.1, -0.05) is 30.3 Å². The quantitative estimate of drug-likeness (QED) is 0.654. The Kier molecular flexibility index (Phi) is 7.34. The van der Waals surface area contributed by atoms with Crippen molar-refractivity contribution in [3.05, 3.63) is 64.7 Å². The van der Waals surface area contributed by atoms with Crippen molar-refractivity contribution >= 4 is 29.3 Å². The maximum absolute atomic E-state index is 12.9. The molecule has 2 aromatic rings. The van der Waals surface area contributed by atoms with Crippen LogP contribution in [0.1, 0.15) is 28.7 Å². The van der Waals surface area contributed by atoms with Crippen molar-refractivity contribution in [1.82, 2.24) is 10.6 Å². The molecule has 0 fully saturated rings. The second kappa shape index (κ2) is 9.94. The molecular formula is C23H29N3O2S. The van der Waals surface area contributed by atoms with Crippen molar-refractivity contribution in [3.8, 4) is 0 Å². The molecule has 5 nitrogen and oxygen atoms in total. The molecule has 0 aliphatic carbocycles. The number of aryl methyl sites for hydroxylation is 2. The number of hydrogen-bond donors (Lipinski definition) is 3. The number of carbonyl (C=O) groups excluding carboxylic acids is 2. The van der Waals surface area contributed by atoms with E-state index >= 15 is 0 Å². The Morgan fingerprint density at radius 3 is 2.52 bits per heavy atom. The first kappa shape index (κ1) is 21.4. The summed E-state index contributed by atoms with van der Waals surface area (Å²) in [4.78, 5) is 25.8. The molecule has 1 aliphatic rings. The molecule has 0 aromatic heterocycles. The summed E-state index contributed by atoms with van der Waals surface area (Å²) >= 11 is 1.67. The van der Waals surface area contributed by atoms with Gasteiger partial charge in [0.25, 0.3) is 0 Å². The lowest BCUT2D eigenvalue weighted by molar-refractivity contribution is -0.128. The molecule has 29 heavy (non-hydrogen) atoms. The van der Waals surface area contributed by atoms with Gasteiger partial charge in [0.15, 0.2) is 0 Å². The van der Waals surface area contributed by atoms with E-state index < -0.39 is 6.04 Å². The van der Waals surface area contributed by atoms with Gasteiger partial charge in [-0.25, -0.2) is 0 Å². The molecule has 1 aliphatic heterocycles. The summed E-state index contributed by atoms with van der Waals surface area (Å²) in [6, 6.07) is 13.2. The van der Waals surface area contributed by atoms with Gasteiger partial charge in [-0.3, -0.25) is 9.59 Å². The van der Waals surface area contributed by atoms with Crippen LogP contribution in [0.5, 0.6) is 0 Å². The third-order valence-corrected chi connectivity index (χ3v) is 5.77. The molecule has 3 N–H and O–H groups in total. The number of thioether (sulfide) groups is 1. The van der Waals surface area contributed by atoms with E-state index in [4.69, 9.17) is 0 Å². The molecule has 2 atom stereocenters. The minimum absolute atomic E-state index is 0.124. The fraction of sp³-hybridized carbons (Fsp3) is 0.391. The summed E-state index contributed by atoms with van der Waals surface area (Å²) in [7, 11) is 0. The molecule has 0 spiro atoms. The van der Waals surface area contributed by atoms with E-state index in [1.54, 1.807) is 11.8 Å². The van der Waals surface area contributed by atoms with Crippen LogP contribution in [0.4, 0.5) is 5.69 Å². The smallest absolute Gasteiger partial charge is 0.246 e. The van der Waals surface area contributed by atoms with E-state index in [-0.39, 0.29) is 17.9 Å². The first-order valence-corrected chi connectivity index (χ1v) is 11.3. The molecule has 2 aromatic carbocycles. The minimum atomic E-state index is -0.560. The minimum Gasteiger partial charge on any atom is -0.343 e. The van der Waals surface area contributed by atoms with Crippen LogP contribution in [0.25, 0.3) is 0 Å². The molecule has 3 rings (SSSR count). The molecule has 154 valence electrons. The Balaban J connectivity index is 1.66. The number of amides is 2. The SMILES string of the molecule is CSCC[C@H](NC(=O)[C@@H]1Cc2ccccc2CN1)C(=O)Nc1cc(C)cc(C)c1. The molecular weight excluding hydrogens is 382 g/mol. The predicted octanol–water partition coefficient (Wildman–Crippen LogP) is 3.19. The van der Waals surface area contributed by atoms with E-state index in [2.05, 4.69) is 34.1 Å². The van der Waals surface area contributed by atoms with Crippen LogP contribution >= 0.6 is 11.8 Å². The lowest BCUT2D eigenvalue weighted by Crippen LogP contribution is -2.53. The van der Waals surface area contributed by atoms with E-state index in [0.717, 1.165) is 22.6 Å². The summed E-state index contributed by atoms with van der Waals surface area (Å²) in [5, 5.41) is 9.24. The molecule has 0 saturated heterocycles. The van der Waals surface area contributed by atoms with Crippen molar-refractivity contribution < 1.29 is 9.59 Å². The Morgan fingerprint density at radius 2 is 1.83 bits per heavy atom. The Morgan fingerprint density at radius 1 is 1.14 bits per heavy atom. The second-order valence-corrected chi connectivity index (χ2v) is 8.60. The maximum Gasteiger partial charge on any atom is 0.246 e. The number of rotatable bonds is 7. The van der Waals surface area contributed by atoms with E-state index in [0.29, 0.717) is 19.4 Å². The zero-order valence-electron chi connectivity index (χ0n) is 17.2. The molecule has 0 saturated carbocycles. The summed E-state index contributed by atoms with van der Waals surface area (Å²) in [5.41, 5.74) is 5.36. The zero-order chi connectivity index (χ0) is 20.8. The van der Waals surface area contributed by atoms with Crippen LogP contribution in [-0.2, 0) is 22.6 Å². The number of anilines is 1. The molecule has 6 heteroatoms. The normalized spacial score (nSPS) is 16.6. The average molecular weight is 412 g/mol. The Labute approximate surface area is 177 Å². The van der Waals surface area contributed by atoms with Gasteiger partial charge in [0.2, 0.25) is 11.8 Å². The number of carbonyl (C=O) groups is 2. The van der Waals surface area contributed by atoms with Gasteiger partial charge in [0, 0.05) is 12.2 Å². The molecule has 0 radical (unpaired) electrons. The van der Waals surface area contributed by atoms with E-state index in [1.165, 1.54) is 11.1 Å².